The van der Waals surface area contributed by atoms with Crippen molar-refractivity contribution in [3.05, 3.63) is 18.7 Å². The number of nitrogens with zero attached hydrogens (tertiary/aromatic N) is 3. The smallest absolute Gasteiger partial charge is 0.301 e. The number of anilines is 1. The van der Waals surface area contributed by atoms with Crippen LogP contribution in [0.1, 0.15) is 25.7 Å². The second kappa shape index (κ2) is 6.25. The maximum Gasteiger partial charge on any atom is 0.301 e. The highest BCUT2D eigenvalue weighted by atomic mass is 32.2. The molecular weight excluding hydrogens is 290 g/mol. The summed E-state index contributed by atoms with van der Waals surface area (Å²) in [7, 11) is -3.50. The Hall–Kier alpha value is -1.25. The first kappa shape index (κ1) is 14.7. The number of hydrogen-bond donors (Lipinski definition) is 2. The van der Waals surface area contributed by atoms with Gasteiger partial charge in [0.25, 0.3) is 0 Å². The zero-order chi connectivity index (χ0) is 14.7. The molecule has 0 amide bonds. The molecule has 116 valence electrons. The topological polar surface area (TPSA) is 87.2 Å². The summed E-state index contributed by atoms with van der Waals surface area (Å²) in [6, 6.07) is 0.714. The van der Waals surface area contributed by atoms with Crippen LogP contribution in [0, 0.1) is 5.92 Å². The molecule has 1 aromatic heterocycles. The number of hydrogen-bond acceptors (Lipinski definition) is 5. The van der Waals surface area contributed by atoms with Crippen LogP contribution in [0.15, 0.2) is 18.7 Å². The standard InChI is InChI=1S/C13H21N5O2S/c19-21(20,17-13-8-14-10-15-9-13)18-5-3-11(4-6-18)7-16-12-1-2-12/h8-12,16-17H,1-7H2. The third-order valence-electron chi connectivity index (χ3n) is 3.99. The van der Waals surface area contributed by atoms with Gasteiger partial charge in [0, 0.05) is 19.1 Å². The van der Waals surface area contributed by atoms with Gasteiger partial charge in [-0.2, -0.15) is 12.7 Å². The summed E-state index contributed by atoms with van der Waals surface area (Å²) in [5.41, 5.74) is 0.398. The van der Waals surface area contributed by atoms with Gasteiger partial charge in [0.1, 0.15) is 6.33 Å². The van der Waals surface area contributed by atoms with Crippen molar-refractivity contribution in [3.8, 4) is 0 Å². The van der Waals surface area contributed by atoms with Crippen LogP contribution in [0.3, 0.4) is 0 Å². The lowest BCUT2D eigenvalue weighted by atomic mass is 9.98. The number of rotatable bonds is 6. The van der Waals surface area contributed by atoms with Crippen LogP contribution in [0.4, 0.5) is 5.69 Å². The molecule has 0 bridgehead atoms. The lowest BCUT2D eigenvalue weighted by Gasteiger charge is -2.31. The first-order valence-corrected chi connectivity index (χ1v) is 8.84. The van der Waals surface area contributed by atoms with E-state index in [2.05, 4.69) is 20.0 Å². The van der Waals surface area contributed by atoms with E-state index in [0.717, 1.165) is 19.4 Å². The van der Waals surface area contributed by atoms with Gasteiger partial charge in [-0.05, 0) is 38.1 Å². The van der Waals surface area contributed by atoms with Gasteiger partial charge in [-0.15, -0.1) is 0 Å². The molecule has 2 fully saturated rings. The van der Waals surface area contributed by atoms with Crippen molar-refractivity contribution in [2.75, 3.05) is 24.4 Å². The van der Waals surface area contributed by atoms with Crippen LogP contribution in [0.5, 0.6) is 0 Å². The van der Waals surface area contributed by atoms with E-state index in [1.54, 1.807) is 0 Å². The van der Waals surface area contributed by atoms with E-state index in [1.165, 1.54) is 35.9 Å². The van der Waals surface area contributed by atoms with E-state index in [1.807, 2.05) is 0 Å². The van der Waals surface area contributed by atoms with Gasteiger partial charge in [-0.3, -0.25) is 4.72 Å². The molecule has 1 aliphatic carbocycles. The molecular formula is C13H21N5O2S. The Labute approximate surface area is 125 Å². The molecule has 1 saturated heterocycles. The maximum atomic E-state index is 12.3. The third kappa shape index (κ3) is 4.12. The SMILES string of the molecule is O=S(=O)(Nc1cncnc1)N1CCC(CNC2CC2)CC1. The van der Waals surface area contributed by atoms with E-state index in [9.17, 15) is 8.42 Å². The molecule has 1 aromatic rings. The normalized spacial score (nSPS) is 21.3. The first-order chi connectivity index (χ1) is 10.1. The molecule has 1 aliphatic heterocycles. The summed E-state index contributed by atoms with van der Waals surface area (Å²) >= 11 is 0. The predicted molar refractivity (Wildman–Crippen MR) is 79.9 cm³/mol. The maximum absolute atomic E-state index is 12.3. The van der Waals surface area contributed by atoms with Gasteiger partial charge in [0.15, 0.2) is 0 Å². The Kier molecular flexibility index (Phi) is 4.37. The lowest BCUT2D eigenvalue weighted by molar-refractivity contribution is 0.268. The highest BCUT2D eigenvalue weighted by Crippen LogP contribution is 2.23. The van der Waals surface area contributed by atoms with Crippen LogP contribution >= 0.6 is 0 Å². The van der Waals surface area contributed by atoms with Gasteiger partial charge in [0.2, 0.25) is 0 Å². The molecule has 0 unspecified atom stereocenters. The zero-order valence-electron chi connectivity index (χ0n) is 11.9. The summed E-state index contributed by atoms with van der Waals surface area (Å²) in [6.45, 7) is 2.15. The Bertz CT molecular complexity index is 553. The van der Waals surface area contributed by atoms with Crippen molar-refractivity contribution in [1.82, 2.24) is 19.6 Å². The minimum atomic E-state index is -3.50. The van der Waals surface area contributed by atoms with E-state index >= 15 is 0 Å². The van der Waals surface area contributed by atoms with Crippen LogP contribution < -0.4 is 10.0 Å². The van der Waals surface area contributed by atoms with Gasteiger partial charge in [-0.25, -0.2) is 9.97 Å². The minimum absolute atomic E-state index is 0.398. The van der Waals surface area contributed by atoms with Crippen LogP contribution in [0.25, 0.3) is 0 Å². The largest absolute Gasteiger partial charge is 0.314 e. The Morgan fingerprint density at radius 3 is 2.43 bits per heavy atom. The fourth-order valence-corrected chi connectivity index (χ4v) is 3.76. The number of piperidine rings is 1. The molecule has 8 heteroatoms. The zero-order valence-corrected chi connectivity index (χ0v) is 12.7. The van der Waals surface area contributed by atoms with Gasteiger partial charge in [-0.1, -0.05) is 0 Å². The average Bonchev–Trinajstić information content (AvgIpc) is 3.30. The van der Waals surface area contributed by atoms with E-state index in [0.29, 0.717) is 30.7 Å². The number of nitrogens with one attached hydrogen (secondary N) is 2. The van der Waals surface area contributed by atoms with E-state index in [4.69, 9.17) is 0 Å². The minimum Gasteiger partial charge on any atom is -0.314 e. The highest BCUT2D eigenvalue weighted by molar-refractivity contribution is 7.90. The molecule has 7 nitrogen and oxygen atoms in total. The number of aromatic nitrogens is 2. The second-order valence-electron chi connectivity index (χ2n) is 5.76. The molecule has 21 heavy (non-hydrogen) atoms. The van der Waals surface area contributed by atoms with Gasteiger partial charge < -0.3 is 5.32 Å². The summed E-state index contributed by atoms with van der Waals surface area (Å²) in [5.74, 6) is 0.581. The highest BCUT2D eigenvalue weighted by Gasteiger charge is 2.29. The summed E-state index contributed by atoms with van der Waals surface area (Å²) in [4.78, 5) is 7.62. The first-order valence-electron chi connectivity index (χ1n) is 7.40. The van der Waals surface area contributed by atoms with Crippen molar-refractivity contribution in [3.63, 3.8) is 0 Å². The molecule has 2 aliphatic rings. The fraction of sp³-hybridized carbons (Fsp3) is 0.692. The third-order valence-corrected chi connectivity index (χ3v) is 5.53. The molecule has 0 atom stereocenters. The van der Waals surface area contributed by atoms with Gasteiger partial charge in [0.05, 0.1) is 18.1 Å². The summed E-state index contributed by atoms with van der Waals surface area (Å²) < 4.78 is 28.6. The molecule has 0 spiro atoms. The van der Waals surface area contributed by atoms with Crippen LogP contribution in [0.2, 0.25) is 0 Å². The summed E-state index contributed by atoms with van der Waals surface area (Å²) in [5, 5.41) is 3.52. The molecule has 2 N–H and O–H groups in total. The van der Waals surface area contributed by atoms with Crippen LogP contribution in [-0.4, -0.2) is 48.4 Å². The van der Waals surface area contributed by atoms with E-state index < -0.39 is 10.2 Å². The monoisotopic (exact) mass is 311 g/mol. The van der Waals surface area contributed by atoms with Crippen molar-refractivity contribution in [2.24, 2.45) is 5.92 Å². The molecule has 1 saturated carbocycles. The molecule has 0 radical (unpaired) electrons. The van der Waals surface area contributed by atoms with Crippen LogP contribution in [-0.2, 0) is 10.2 Å². The molecule has 3 rings (SSSR count). The Morgan fingerprint density at radius 1 is 1.14 bits per heavy atom. The second-order valence-corrected chi connectivity index (χ2v) is 7.43. The molecule has 2 heterocycles. The summed E-state index contributed by atoms with van der Waals surface area (Å²) in [6.07, 6.45) is 8.67. The van der Waals surface area contributed by atoms with E-state index in [-0.39, 0.29) is 0 Å². The average molecular weight is 311 g/mol. The van der Waals surface area contributed by atoms with Crippen molar-refractivity contribution in [1.29, 1.82) is 0 Å². The lowest BCUT2D eigenvalue weighted by Crippen LogP contribution is -2.43. The predicted octanol–water partition coefficient (Wildman–Crippen LogP) is 0.597. The Morgan fingerprint density at radius 2 is 1.81 bits per heavy atom. The van der Waals surface area contributed by atoms with Gasteiger partial charge >= 0.3 is 10.2 Å². The van der Waals surface area contributed by atoms with Crippen molar-refractivity contribution >= 4 is 15.9 Å². The quantitative estimate of drug-likeness (QED) is 0.803. The Balaban J connectivity index is 1.50. The fourth-order valence-electron chi connectivity index (χ4n) is 2.54. The van der Waals surface area contributed by atoms with Crippen molar-refractivity contribution in [2.45, 2.75) is 31.7 Å². The van der Waals surface area contributed by atoms with Crippen molar-refractivity contribution < 1.29 is 8.42 Å². The molecule has 0 aromatic carbocycles.